The Morgan fingerprint density at radius 1 is 1.29 bits per heavy atom. The number of fused-ring (bicyclic) bond motifs is 1. The van der Waals surface area contributed by atoms with Crippen molar-refractivity contribution in [2.75, 3.05) is 20.3 Å². The Balaban J connectivity index is 1.91. The van der Waals surface area contributed by atoms with E-state index in [1.807, 2.05) is 16.7 Å². The Labute approximate surface area is 175 Å². The zero-order valence-electron chi connectivity index (χ0n) is 15.6. The van der Waals surface area contributed by atoms with Gasteiger partial charge in [-0.25, -0.2) is 14.2 Å². The smallest absolute Gasteiger partial charge is 0.338 e. The SMILES string of the molecule is CCOC(=O)c1ccc2c(c1)nc(SCc1ccc(Br)cc1F)n2CCOC. The van der Waals surface area contributed by atoms with Crippen LogP contribution in [0.5, 0.6) is 0 Å². The summed E-state index contributed by atoms with van der Waals surface area (Å²) in [7, 11) is 1.64. The van der Waals surface area contributed by atoms with Crippen LogP contribution in [-0.4, -0.2) is 35.8 Å². The summed E-state index contributed by atoms with van der Waals surface area (Å²) in [5.41, 5.74) is 2.65. The van der Waals surface area contributed by atoms with Crippen LogP contribution in [0, 0.1) is 5.82 Å². The summed E-state index contributed by atoms with van der Waals surface area (Å²) in [6.45, 7) is 3.22. The first-order valence-corrected chi connectivity index (χ1v) is 10.5. The van der Waals surface area contributed by atoms with Gasteiger partial charge in [-0.1, -0.05) is 33.8 Å². The number of esters is 1. The Kier molecular flexibility index (Phi) is 7.09. The molecule has 28 heavy (non-hydrogen) atoms. The van der Waals surface area contributed by atoms with E-state index < -0.39 is 0 Å². The molecule has 0 fully saturated rings. The molecule has 0 saturated carbocycles. The predicted molar refractivity (Wildman–Crippen MR) is 111 cm³/mol. The summed E-state index contributed by atoms with van der Waals surface area (Å²) in [5.74, 6) is -0.187. The third-order valence-electron chi connectivity index (χ3n) is 4.12. The van der Waals surface area contributed by atoms with E-state index in [2.05, 4.69) is 20.9 Å². The molecule has 1 aromatic heterocycles. The highest BCUT2D eigenvalue weighted by Crippen LogP contribution is 2.29. The van der Waals surface area contributed by atoms with Crippen LogP contribution in [0.1, 0.15) is 22.8 Å². The minimum absolute atomic E-state index is 0.258. The number of hydrogen-bond acceptors (Lipinski definition) is 5. The second kappa shape index (κ2) is 9.54. The summed E-state index contributed by atoms with van der Waals surface area (Å²) in [5, 5.41) is 0.746. The second-order valence-corrected chi connectivity index (χ2v) is 7.85. The lowest BCUT2D eigenvalue weighted by Crippen LogP contribution is -2.06. The topological polar surface area (TPSA) is 53.3 Å². The van der Waals surface area contributed by atoms with E-state index in [0.29, 0.717) is 46.6 Å². The van der Waals surface area contributed by atoms with Gasteiger partial charge in [0.15, 0.2) is 5.16 Å². The van der Waals surface area contributed by atoms with Gasteiger partial charge in [-0.2, -0.15) is 0 Å². The van der Waals surface area contributed by atoms with Crippen molar-refractivity contribution in [1.82, 2.24) is 9.55 Å². The van der Waals surface area contributed by atoms with Crippen molar-refractivity contribution in [3.63, 3.8) is 0 Å². The average molecular weight is 467 g/mol. The molecular weight excluding hydrogens is 447 g/mol. The van der Waals surface area contributed by atoms with E-state index in [9.17, 15) is 9.18 Å². The molecule has 0 N–H and O–H groups in total. The molecule has 0 radical (unpaired) electrons. The molecule has 0 aliphatic heterocycles. The number of carbonyl (C=O) groups is 1. The number of halogens is 2. The van der Waals surface area contributed by atoms with Crippen molar-refractivity contribution >= 4 is 44.7 Å². The van der Waals surface area contributed by atoms with E-state index in [-0.39, 0.29) is 11.8 Å². The highest BCUT2D eigenvalue weighted by Gasteiger charge is 2.15. The molecular formula is C20H20BrFN2O3S. The first kappa shape index (κ1) is 20.8. The van der Waals surface area contributed by atoms with Crippen molar-refractivity contribution in [2.45, 2.75) is 24.4 Å². The molecule has 1 heterocycles. The van der Waals surface area contributed by atoms with E-state index in [1.165, 1.54) is 17.8 Å². The highest BCUT2D eigenvalue weighted by molar-refractivity contribution is 9.10. The maximum Gasteiger partial charge on any atom is 0.338 e. The number of imidazole rings is 1. The predicted octanol–water partition coefficient (Wildman–Crippen LogP) is 5.05. The van der Waals surface area contributed by atoms with E-state index in [1.54, 1.807) is 32.2 Å². The Bertz CT molecular complexity index is 993. The molecule has 3 aromatic rings. The lowest BCUT2D eigenvalue weighted by molar-refractivity contribution is 0.0526. The third kappa shape index (κ3) is 4.74. The molecule has 5 nitrogen and oxygen atoms in total. The van der Waals surface area contributed by atoms with E-state index in [0.717, 1.165) is 10.7 Å². The molecule has 2 aromatic carbocycles. The number of methoxy groups -OCH3 is 1. The van der Waals surface area contributed by atoms with Gasteiger partial charge in [0, 0.05) is 23.9 Å². The average Bonchev–Trinajstić information content (AvgIpc) is 3.02. The van der Waals surface area contributed by atoms with Gasteiger partial charge >= 0.3 is 5.97 Å². The van der Waals surface area contributed by atoms with Crippen molar-refractivity contribution in [1.29, 1.82) is 0 Å². The number of benzene rings is 2. The van der Waals surface area contributed by atoms with Gasteiger partial charge < -0.3 is 14.0 Å². The number of aromatic nitrogens is 2. The quantitative estimate of drug-likeness (QED) is 0.343. The standard InChI is InChI=1S/C20H20BrFN2O3S/c1-3-27-19(25)13-5-7-18-17(10-13)23-20(24(18)8-9-26-2)28-12-14-4-6-15(21)11-16(14)22/h4-7,10-11H,3,8-9,12H2,1-2H3. The minimum Gasteiger partial charge on any atom is -0.462 e. The second-order valence-electron chi connectivity index (χ2n) is 5.99. The largest absolute Gasteiger partial charge is 0.462 e. The first-order valence-electron chi connectivity index (χ1n) is 8.76. The first-order chi connectivity index (χ1) is 13.5. The fourth-order valence-corrected chi connectivity index (χ4v) is 4.10. The van der Waals surface area contributed by atoms with Crippen LogP contribution in [0.2, 0.25) is 0 Å². The molecule has 0 spiro atoms. The van der Waals surface area contributed by atoms with Gasteiger partial charge in [-0.15, -0.1) is 0 Å². The lowest BCUT2D eigenvalue weighted by Gasteiger charge is -2.09. The summed E-state index contributed by atoms with van der Waals surface area (Å²) in [6, 6.07) is 10.3. The van der Waals surface area contributed by atoms with Crippen molar-refractivity contribution in [2.24, 2.45) is 0 Å². The van der Waals surface area contributed by atoms with Crippen LogP contribution in [-0.2, 0) is 21.8 Å². The van der Waals surface area contributed by atoms with Crippen molar-refractivity contribution in [3.05, 3.63) is 57.8 Å². The van der Waals surface area contributed by atoms with E-state index in [4.69, 9.17) is 9.47 Å². The zero-order chi connectivity index (χ0) is 20.1. The minimum atomic E-state index is -0.373. The normalized spacial score (nSPS) is 11.1. The number of thioether (sulfide) groups is 1. The molecule has 0 bridgehead atoms. The summed E-state index contributed by atoms with van der Waals surface area (Å²) in [4.78, 5) is 16.7. The molecule has 3 rings (SSSR count). The van der Waals surface area contributed by atoms with Crippen LogP contribution in [0.3, 0.4) is 0 Å². The molecule has 0 aliphatic carbocycles. The van der Waals surface area contributed by atoms with E-state index >= 15 is 0 Å². The van der Waals surface area contributed by atoms with Gasteiger partial charge in [0.2, 0.25) is 0 Å². The fourth-order valence-electron chi connectivity index (χ4n) is 2.74. The van der Waals surface area contributed by atoms with Gasteiger partial charge in [0.1, 0.15) is 5.82 Å². The lowest BCUT2D eigenvalue weighted by atomic mass is 10.2. The number of hydrogen-bond donors (Lipinski definition) is 0. The van der Waals surface area contributed by atoms with Crippen LogP contribution in [0.4, 0.5) is 4.39 Å². The summed E-state index contributed by atoms with van der Waals surface area (Å²) < 4.78 is 27.1. The van der Waals surface area contributed by atoms with Crippen LogP contribution in [0.15, 0.2) is 46.0 Å². The van der Waals surface area contributed by atoms with Gasteiger partial charge in [-0.3, -0.25) is 0 Å². The maximum atomic E-state index is 14.1. The van der Waals surface area contributed by atoms with Crippen molar-refractivity contribution in [3.8, 4) is 0 Å². The van der Waals surface area contributed by atoms with Gasteiger partial charge in [0.05, 0.1) is 29.8 Å². The zero-order valence-corrected chi connectivity index (χ0v) is 18.0. The molecule has 0 saturated heterocycles. The number of nitrogens with zero attached hydrogens (tertiary/aromatic N) is 2. The van der Waals surface area contributed by atoms with Crippen molar-refractivity contribution < 1.29 is 18.7 Å². The number of carbonyl (C=O) groups excluding carboxylic acids is 1. The third-order valence-corrected chi connectivity index (χ3v) is 5.63. The van der Waals surface area contributed by atoms with Crippen LogP contribution in [0.25, 0.3) is 11.0 Å². The summed E-state index contributed by atoms with van der Waals surface area (Å²) in [6.07, 6.45) is 0. The Hall–Kier alpha value is -1.90. The van der Waals surface area contributed by atoms with Gasteiger partial charge in [0.25, 0.3) is 0 Å². The number of ether oxygens (including phenoxy) is 2. The van der Waals surface area contributed by atoms with Crippen LogP contribution >= 0.6 is 27.7 Å². The summed E-state index contributed by atoms with van der Waals surface area (Å²) >= 11 is 4.72. The molecule has 148 valence electrons. The van der Waals surface area contributed by atoms with Gasteiger partial charge in [-0.05, 0) is 42.8 Å². The number of rotatable bonds is 8. The molecule has 0 amide bonds. The molecule has 0 atom stereocenters. The Morgan fingerprint density at radius 3 is 2.82 bits per heavy atom. The highest BCUT2D eigenvalue weighted by atomic mass is 79.9. The monoisotopic (exact) mass is 466 g/mol. The Morgan fingerprint density at radius 2 is 2.11 bits per heavy atom. The molecule has 0 aliphatic rings. The molecule has 8 heteroatoms. The molecule has 0 unspecified atom stereocenters. The fraction of sp³-hybridized carbons (Fsp3) is 0.300. The maximum absolute atomic E-state index is 14.1. The van der Waals surface area contributed by atoms with Crippen LogP contribution < -0.4 is 0 Å².